The van der Waals surface area contributed by atoms with Gasteiger partial charge in [0.05, 0.1) is 11.1 Å². The van der Waals surface area contributed by atoms with E-state index >= 15 is 0 Å². The van der Waals surface area contributed by atoms with Crippen molar-refractivity contribution in [3.63, 3.8) is 0 Å². The number of aromatic nitrogens is 1. The van der Waals surface area contributed by atoms with E-state index in [0.717, 1.165) is 22.0 Å². The fourth-order valence-corrected chi connectivity index (χ4v) is 2.84. The van der Waals surface area contributed by atoms with E-state index in [0.29, 0.717) is 11.0 Å². The first-order valence-corrected chi connectivity index (χ1v) is 7.10. The summed E-state index contributed by atoms with van der Waals surface area (Å²) in [6.07, 6.45) is 1.95. The second-order valence-electron chi connectivity index (χ2n) is 4.71. The molecule has 0 bridgehead atoms. The first-order chi connectivity index (χ1) is 9.69. The molecular weight excluding hydrogens is 321 g/mol. The van der Waals surface area contributed by atoms with Crippen molar-refractivity contribution in [3.05, 3.63) is 70.1 Å². The molecule has 102 valence electrons. The highest BCUT2D eigenvalue weighted by Crippen LogP contribution is 2.23. The quantitative estimate of drug-likeness (QED) is 0.767. The Morgan fingerprint density at radius 3 is 2.70 bits per heavy atom. The van der Waals surface area contributed by atoms with Crippen molar-refractivity contribution in [3.8, 4) is 0 Å². The molecule has 20 heavy (non-hydrogen) atoms. The lowest BCUT2D eigenvalue weighted by Crippen LogP contribution is -1.98. The van der Waals surface area contributed by atoms with Gasteiger partial charge in [-0.15, -0.1) is 0 Å². The van der Waals surface area contributed by atoms with Crippen LogP contribution < -0.4 is 0 Å². The number of rotatable bonds is 3. The minimum atomic E-state index is -0.262. The maximum atomic E-state index is 13.3. The summed E-state index contributed by atoms with van der Waals surface area (Å²) in [6.45, 7) is 0.653. The van der Waals surface area contributed by atoms with Gasteiger partial charge in [0.25, 0.3) is 0 Å². The molecule has 0 aliphatic rings. The van der Waals surface area contributed by atoms with E-state index in [1.165, 1.54) is 6.07 Å². The summed E-state index contributed by atoms with van der Waals surface area (Å²) in [6, 6.07) is 13.0. The lowest BCUT2D eigenvalue weighted by atomic mass is 10.2. The zero-order valence-electron chi connectivity index (χ0n) is 10.7. The molecule has 0 saturated carbocycles. The predicted molar refractivity (Wildman–Crippen MR) is 81.1 cm³/mol. The second kappa shape index (κ2) is 5.38. The molecule has 0 saturated heterocycles. The summed E-state index contributed by atoms with van der Waals surface area (Å²) >= 11 is 3.20. The van der Waals surface area contributed by atoms with E-state index in [1.54, 1.807) is 12.1 Å². The Morgan fingerprint density at radius 1 is 1.15 bits per heavy atom. The molecule has 1 aromatic heterocycles. The Morgan fingerprint density at radius 2 is 1.95 bits per heavy atom. The fraction of sp³-hybridized carbons (Fsp3) is 0.125. The Kier molecular flexibility index (Phi) is 3.59. The van der Waals surface area contributed by atoms with Gasteiger partial charge < -0.3 is 9.67 Å². The van der Waals surface area contributed by atoms with Crippen LogP contribution in [0.4, 0.5) is 4.39 Å². The summed E-state index contributed by atoms with van der Waals surface area (Å²) < 4.78 is 15.8. The van der Waals surface area contributed by atoms with Gasteiger partial charge in [-0.05, 0) is 39.7 Å². The standard InChI is InChI=1S/C16H13BrFNO/c17-14-7-11(5-6-15(14)18)8-19-9-12(10-20)13-3-1-2-4-16(13)19/h1-7,9,20H,8,10H2. The lowest BCUT2D eigenvalue weighted by molar-refractivity contribution is 0.283. The van der Waals surface area contributed by atoms with Gasteiger partial charge in [0.15, 0.2) is 0 Å². The first-order valence-electron chi connectivity index (χ1n) is 6.30. The predicted octanol–water partition coefficient (Wildman–Crippen LogP) is 4.08. The smallest absolute Gasteiger partial charge is 0.137 e. The van der Waals surface area contributed by atoms with Gasteiger partial charge in [-0.1, -0.05) is 24.3 Å². The summed E-state index contributed by atoms with van der Waals surface area (Å²) in [4.78, 5) is 0. The summed E-state index contributed by atoms with van der Waals surface area (Å²) in [5.74, 6) is -0.262. The van der Waals surface area contributed by atoms with Gasteiger partial charge in [0.2, 0.25) is 0 Å². The molecule has 2 aromatic carbocycles. The highest BCUT2D eigenvalue weighted by molar-refractivity contribution is 9.10. The SMILES string of the molecule is OCc1cn(Cc2ccc(F)c(Br)c2)c2ccccc12. The topological polar surface area (TPSA) is 25.2 Å². The van der Waals surface area contributed by atoms with Gasteiger partial charge in [-0.2, -0.15) is 0 Å². The van der Waals surface area contributed by atoms with Crippen LogP contribution in [0.1, 0.15) is 11.1 Å². The number of aliphatic hydroxyl groups excluding tert-OH is 1. The van der Waals surface area contributed by atoms with Crippen molar-refractivity contribution in [2.24, 2.45) is 0 Å². The molecule has 3 rings (SSSR count). The number of aliphatic hydroxyl groups is 1. The van der Waals surface area contributed by atoms with Crippen molar-refractivity contribution < 1.29 is 9.50 Å². The van der Waals surface area contributed by atoms with Crippen LogP contribution >= 0.6 is 15.9 Å². The molecular formula is C16H13BrFNO. The van der Waals surface area contributed by atoms with Crippen LogP contribution in [-0.2, 0) is 13.2 Å². The zero-order valence-corrected chi connectivity index (χ0v) is 12.3. The number of halogens is 2. The Hall–Kier alpha value is -1.65. The summed E-state index contributed by atoms with van der Waals surface area (Å²) in [7, 11) is 0. The van der Waals surface area contributed by atoms with Crippen LogP contribution in [0, 0.1) is 5.82 Å². The van der Waals surface area contributed by atoms with E-state index < -0.39 is 0 Å². The van der Waals surface area contributed by atoms with E-state index in [2.05, 4.69) is 20.5 Å². The minimum Gasteiger partial charge on any atom is -0.392 e. The van der Waals surface area contributed by atoms with Crippen LogP contribution in [-0.4, -0.2) is 9.67 Å². The van der Waals surface area contributed by atoms with E-state index in [4.69, 9.17) is 0 Å². The average Bonchev–Trinajstić information content (AvgIpc) is 2.81. The van der Waals surface area contributed by atoms with Crippen LogP contribution in [0.2, 0.25) is 0 Å². The van der Waals surface area contributed by atoms with Crippen LogP contribution in [0.5, 0.6) is 0 Å². The molecule has 0 amide bonds. The van der Waals surface area contributed by atoms with Gasteiger partial charge in [-0.3, -0.25) is 0 Å². The zero-order chi connectivity index (χ0) is 14.1. The number of nitrogens with zero attached hydrogens (tertiary/aromatic N) is 1. The van der Waals surface area contributed by atoms with Crippen molar-refractivity contribution in [2.45, 2.75) is 13.2 Å². The minimum absolute atomic E-state index is 0.0145. The highest BCUT2D eigenvalue weighted by atomic mass is 79.9. The molecule has 3 aromatic rings. The number of fused-ring (bicyclic) bond motifs is 1. The largest absolute Gasteiger partial charge is 0.392 e. The van der Waals surface area contributed by atoms with E-state index in [9.17, 15) is 9.50 Å². The molecule has 0 radical (unpaired) electrons. The Balaban J connectivity index is 2.04. The molecule has 0 atom stereocenters. The molecule has 1 heterocycles. The summed E-state index contributed by atoms with van der Waals surface area (Å²) in [5.41, 5.74) is 2.97. The van der Waals surface area contributed by atoms with Crippen molar-refractivity contribution in [1.29, 1.82) is 0 Å². The lowest BCUT2D eigenvalue weighted by Gasteiger charge is -2.06. The third-order valence-electron chi connectivity index (χ3n) is 3.38. The number of benzene rings is 2. The monoisotopic (exact) mass is 333 g/mol. The molecule has 4 heteroatoms. The van der Waals surface area contributed by atoms with Crippen molar-refractivity contribution >= 4 is 26.8 Å². The molecule has 1 N–H and O–H groups in total. The van der Waals surface area contributed by atoms with Crippen molar-refractivity contribution in [2.75, 3.05) is 0 Å². The maximum absolute atomic E-state index is 13.3. The molecule has 0 fully saturated rings. The number of hydrogen-bond acceptors (Lipinski definition) is 1. The van der Waals surface area contributed by atoms with Crippen LogP contribution in [0.25, 0.3) is 10.9 Å². The third kappa shape index (κ3) is 2.37. The molecule has 0 spiro atoms. The maximum Gasteiger partial charge on any atom is 0.137 e. The third-order valence-corrected chi connectivity index (χ3v) is 3.99. The second-order valence-corrected chi connectivity index (χ2v) is 5.56. The van der Waals surface area contributed by atoms with Gasteiger partial charge in [0.1, 0.15) is 5.82 Å². The van der Waals surface area contributed by atoms with E-state index in [-0.39, 0.29) is 12.4 Å². The summed E-state index contributed by atoms with van der Waals surface area (Å²) in [5, 5.41) is 10.5. The van der Waals surface area contributed by atoms with Crippen LogP contribution in [0.15, 0.2) is 53.1 Å². The van der Waals surface area contributed by atoms with Crippen LogP contribution in [0.3, 0.4) is 0 Å². The van der Waals surface area contributed by atoms with E-state index in [1.807, 2.05) is 30.5 Å². The first kappa shape index (κ1) is 13.3. The average molecular weight is 334 g/mol. The number of hydrogen-bond donors (Lipinski definition) is 1. The van der Waals surface area contributed by atoms with Crippen molar-refractivity contribution in [1.82, 2.24) is 4.57 Å². The molecule has 0 aliphatic heterocycles. The molecule has 2 nitrogen and oxygen atoms in total. The van der Waals surface area contributed by atoms with Gasteiger partial charge in [-0.25, -0.2) is 4.39 Å². The Bertz CT molecular complexity index is 766. The van der Waals surface area contributed by atoms with Gasteiger partial charge in [0, 0.05) is 29.2 Å². The molecule has 0 aliphatic carbocycles. The van der Waals surface area contributed by atoms with Gasteiger partial charge >= 0.3 is 0 Å². The fourth-order valence-electron chi connectivity index (χ4n) is 2.41. The normalized spacial score (nSPS) is 11.2. The Labute approximate surface area is 124 Å². The highest BCUT2D eigenvalue weighted by Gasteiger charge is 2.08. The number of para-hydroxylation sites is 1. The molecule has 0 unspecified atom stereocenters.